The number of halogens is 1. The molecule has 7 heteroatoms. The maximum atomic E-state index is 13.6. The van der Waals surface area contributed by atoms with E-state index in [9.17, 15) is 19.3 Å². The van der Waals surface area contributed by atoms with Crippen molar-refractivity contribution in [2.75, 3.05) is 18.4 Å². The molecule has 2 rings (SSSR count). The van der Waals surface area contributed by atoms with Gasteiger partial charge in [-0.05, 0) is 18.9 Å². The number of hydrogen-bond acceptors (Lipinski definition) is 4. The van der Waals surface area contributed by atoms with Crippen LogP contribution in [0, 0.1) is 15.9 Å². The molecule has 20 heavy (non-hydrogen) atoms. The first kappa shape index (κ1) is 14.2. The van der Waals surface area contributed by atoms with Crippen LogP contribution < -0.4 is 5.32 Å². The Morgan fingerprint density at radius 1 is 1.45 bits per heavy atom. The second kappa shape index (κ2) is 5.85. The summed E-state index contributed by atoms with van der Waals surface area (Å²) in [4.78, 5) is 23.1. The topological polar surface area (TPSA) is 75.5 Å². The third kappa shape index (κ3) is 3.23. The fraction of sp³-hybridized carbons (Fsp3) is 0.462. The van der Waals surface area contributed by atoms with E-state index in [0.29, 0.717) is 25.9 Å². The molecule has 0 bridgehead atoms. The van der Waals surface area contributed by atoms with Crippen molar-refractivity contribution in [3.63, 3.8) is 0 Å². The number of nitro benzene ring substituents is 1. The number of carbonyl (C=O) groups excluding carboxylic acids is 1. The summed E-state index contributed by atoms with van der Waals surface area (Å²) in [5.74, 6) is -0.477. The van der Waals surface area contributed by atoms with Crippen LogP contribution in [0.5, 0.6) is 0 Å². The van der Waals surface area contributed by atoms with Crippen LogP contribution in [-0.2, 0) is 4.79 Å². The number of likely N-dealkylation sites (tertiary alicyclic amines) is 1. The molecule has 0 radical (unpaired) electrons. The molecule has 0 spiro atoms. The number of piperidine rings is 1. The van der Waals surface area contributed by atoms with Gasteiger partial charge in [0.2, 0.25) is 5.91 Å². The van der Waals surface area contributed by atoms with Crippen LogP contribution in [0.3, 0.4) is 0 Å². The predicted octanol–water partition coefficient (Wildman–Crippen LogP) is 2.16. The van der Waals surface area contributed by atoms with Gasteiger partial charge in [0.1, 0.15) is 5.82 Å². The van der Waals surface area contributed by atoms with E-state index in [4.69, 9.17) is 0 Å². The molecule has 0 aliphatic carbocycles. The highest BCUT2D eigenvalue weighted by atomic mass is 19.1. The van der Waals surface area contributed by atoms with Gasteiger partial charge in [-0.2, -0.15) is 0 Å². The molecule has 1 aromatic carbocycles. The molecule has 0 saturated carbocycles. The van der Waals surface area contributed by atoms with E-state index < -0.39 is 10.7 Å². The average molecular weight is 281 g/mol. The minimum Gasteiger partial charge on any atom is -0.380 e. The van der Waals surface area contributed by atoms with E-state index in [1.807, 2.05) is 0 Å². The number of benzene rings is 1. The monoisotopic (exact) mass is 281 g/mol. The highest BCUT2D eigenvalue weighted by molar-refractivity contribution is 5.73. The zero-order chi connectivity index (χ0) is 14.7. The Morgan fingerprint density at radius 3 is 2.65 bits per heavy atom. The fourth-order valence-corrected chi connectivity index (χ4v) is 2.30. The van der Waals surface area contributed by atoms with Crippen molar-refractivity contribution in [1.82, 2.24) is 4.90 Å². The molecule has 6 nitrogen and oxygen atoms in total. The van der Waals surface area contributed by atoms with Gasteiger partial charge in [-0.15, -0.1) is 0 Å². The van der Waals surface area contributed by atoms with Crippen LogP contribution in [0.15, 0.2) is 18.2 Å². The summed E-state index contributed by atoms with van der Waals surface area (Å²) in [6.45, 7) is 2.75. The van der Waals surface area contributed by atoms with E-state index in [2.05, 4.69) is 5.32 Å². The molecule has 1 N–H and O–H groups in total. The second-order valence-corrected chi connectivity index (χ2v) is 4.85. The molecule has 1 heterocycles. The lowest BCUT2D eigenvalue weighted by Crippen LogP contribution is -2.41. The van der Waals surface area contributed by atoms with Gasteiger partial charge in [-0.3, -0.25) is 14.9 Å². The van der Waals surface area contributed by atoms with Crippen molar-refractivity contribution in [1.29, 1.82) is 0 Å². The fourth-order valence-electron chi connectivity index (χ4n) is 2.30. The van der Waals surface area contributed by atoms with Gasteiger partial charge in [-0.1, -0.05) is 0 Å². The highest BCUT2D eigenvalue weighted by Crippen LogP contribution is 2.24. The lowest BCUT2D eigenvalue weighted by atomic mass is 10.0. The second-order valence-electron chi connectivity index (χ2n) is 4.85. The van der Waals surface area contributed by atoms with Gasteiger partial charge in [0.15, 0.2) is 0 Å². The summed E-state index contributed by atoms with van der Waals surface area (Å²) in [5, 5.41) is 13.7. The van der Waals surface area contributed by atoms with Crippen molar-refractivity contribution in [3.8, 4) is 0 Å². The van der Waals surface area contributed by atoms with E-state index in [1.165, 1.54) is 13.0 Å². The molecular weight excluding hydrogens is 265 g/mol. The third-order valence-corrected chi connectivity index (χ3v) is 3.46. The summed E-state index contributed by atoms with van der Waals surface area (Å²) in [6.07, 6.45) is 1.39. The Morgan fingerprint density at radius 2 is 2.10 bits per heavy atom. The third-order valence-electron chi connectivity index (χ3n) is 3.46. The number of rotatable bonds is 3. The molecular formula is C13H16FN3O3. The number of hydrogen-bond donors (Lipinski definition) is 1. The molecule has 0 unspecified atom stereocenters. The smallest absolute Gasteiger partial charge is 0.271 e. The Labute approximate surface area is 115 Å². The van der Waals surface area contributed by atoms with Crippen LogP contribution in [0.1, 0.15) is 19.8 Å². The van der Waals surface area contributed by atoms with Gasteiger partial charge < -0.3 is 10.2 Å². The lowest BCUT2D eigenvalue weighted by Gasteiger charge is -2.32. The maximum Gasteiger partial charge on any atom is 0.271 e. The summed E-state index contributed by atoms with van der Waals surface area (Å²) in [7, 11) is 0. The van der Waals surface area contributed by atoms with Crippen molar-refractivity contribution in [2.45, 2.75) is 25.8 Å². The summed E-state index contributed by atoms with van der Waals surface area (Å²) >= 11 is 0. The molecule has 1 aliphatic heterocycles. The Balaban J connectivity index is 2.02. The SMILES string of the molecule is CC(=O)N1CCC(Nc2cc([N+](=O)[O-])ccc2F)CC1. The highest BCUT2D eigenvalue weighted by Gasteiger charge is 2.22. The largest absolute Gasteiger partial charge is 0.380 e. The number of nitrogens with zero attached hydrogens (tertiary/aromatic N) is 2. The quantitative estimate of drug-likeness (QED) is 0.680. The number of anilines is 1. The van der Waals surface area contributed by atoms with Crippen LogP contribution >= 0.6 is 0 Å². The molecule has 1 saturated heterocycles. The van der Waals surface area contributed by atoms with Crippen molar-refractivity contribution >= 4 is 17.3 Å². The summed E-state index contributed by atoms with van der Waals surface area (Å²) in [6, 6.07) is 3.44. The van der Waals surface area contributed by atoms with Crippen molar-refractivity contribution in [2.24, 2.45) is 0 Å². The number of carbonyl (C=O) groups is 1. The van der Waals surface area contributed by atoms with E-state index in [0.717, 1.165) is 12.1 Å². The molecule has 0 aromatic heterocycles. The number of non-ortho nitro benzene ring substituents is 1. The van der Waals surface area contributed by atoms with Gasteiger partial charge >= 0.3 is 0 Å². The van der Waals surface area contributed by atoms with Gasteiger partial charge in [0, 0.05) is 38.2 Å². The van der Waals surface area contributed by atoms with Crippen LogP contribution in [0.4, 0.5) is 15.8 Å². The normalized spacial score (nSPS) is 16.0. The van der Waals surface area contributed by atoms with Crippen LogP contribution in [0.25, 0.3) is 0 Å². The predicted molar refractivity (Wildman–Crippen MR) is 72.0 cm³/mol. The number of nitro groups is 1. The maximum absolute atomic E-state index is 13.6. The van der Waals surface area contributed by atoms with Gasteiger partial charge in [-0.25, -0.2) is 4.39 Å². The zero-order valence-electron chi connectivity index (χ0n) is 11.1. The molecule has 108 valence electrons. The zero-order valence-corrected chi connectivity index (χ0v) is 11.1. The minimum atomic E-state index is -0.553. The summed E-state index contributed by atoms with van der Waals surface area (Å²) < 4.78 is 13.6. The minimum absolute atomic E-state index is 0.0158. The standard InChI is InChI=1S/C13H16FN3O3/c1-9(18)16-6-4-10(5-7-16)15-13-8-11(17(19)20)2-3-12(13)14/h2-3,8,10,15H,4-7H2,1H3. The lowest BCUT2D eigenvalue weighted by molar-refractivity contribution is -0.384. The van der Waals surface area contributed by atoms with E-state index >= 15 is 0 Å². The van der Waals surface area contributed by atoms with E-state index in [1.54, 1.807) is 4.90 Å². The number of nitrogens with one attached hydrogen (secondary N) is 1. The first-order valence-corrected chi connectivity index (χ1v) is 6.43. The van der Waals surface area contributed by atoms with Crippen molar-refractivity contribution in [3.05, 3.63) is 34.1 Å². The Bertz CT molecular complexity index is 528. The average Bonchev–Trinajstić information content (AvgIpc) is 2.41. The first-order valence-electron chi connectivity index (χ1n) is 6.43. The van der Waals surface area contributed by atoms with E-state index in [-0.39, 0.29) is 23.3 Å². The van der Waals surface area contributed by atoms with Crippen LogP contribution in [0.2, 0.25) is 0 Å². The number of amides is 1. The first-order chi connectivity index (χ1) is 9.47. The van der Waals surface area contributed by atoms with Gasteiger partial charge in [0.25, 0.3) is 5.69 Å². The Hall–Kier alpha value is -2.18. The van der Waals surface area contributed by atoms with Crippen molar-refractivity contribution < 1.29 is 14.1 Å². The van der Waals surface area contributed by atoms with Crippen LogP contribution in [-0.4, -0.2) is 34.9 Å². The molecule has 1 aliphatic rings. The molecule has 1 amide bonds. The molecule has 1 fully saturated rings. The molecule has 0 atom stereocenters. The summed E-state index contributed by atoms with van der Waals surface area (Å²) in [5.41, 5.74) is -0.00412. The molecule has 1 aromatic rings. The van der Waals surface area contributed by atoms with Gasteiger partial charge in [0.05, 0.1) is 10.6 Å². The Kier molecular flexibility index (Phi) is 4.16.